The summed E-state index contributed by atoms with van der Waals surface area (Å²) < 4.78 is 5.23. The molecule has 1 saturated heterocycles. The average molecular weight is 295 g/mol. The van der Waals surface area contributed by atoms with Crippen LogP contribution >= 0.6 is 0 Å². The lowest BCUT2D eigenvalue weighted by atomic mass is 9.83. The molecular weight excluding hydrogens is 278 g/mol. The normalized spacial score (nSPS) is 21.0. The fourth-order valence-corrected chi connectivity index (χ4v) is 2.75. The van der Waals surface area contributed by atoms with Crippen molar-refractivity contribution in [1.29, 1.82) is 0 Å². The molecular formula is C18H17NO3. The zero-order valence-electron chi connectivity index (χ0n) is 12.1. The molecule has 1 aliphatic heterocycles. The number of hydrogen-bond acceptors (Lipinski definition) is 3. The predicted molar refractivity (Wildman–Crippen MR) is 82.2 cm³/mol. The van der Waals surface area contributed by atoms with E-state index in [4.69, 9.17) is 4.74 Å². The maximum absolute atomic E-state index is 12.5. The molecule has 0 aromatic heterocycles. The van der Waals surface area contributed by atoms with Crippen LogP contribution in [0, 0.1) is 0 Å². The third-order valence-electron chi connectivity index (χ3n) is 3.91. The van der Waals surface area contributed by atoms with Crippen LogP contribution in [0.25, 0.3) is 0 Å². The summed E-state index contributed by atoms with van der Waals surface area (Å²) >= 11 is 0. The summed E-state index contributed by atoms with van der Waals surface area (Å²) in [5.41, 5.74) is 0.173. The van der Waals surface area contributed by atoms with E-state index in [-0.39, 0.29) is 5.91 Å². The Morgan fingerprint density at radius 2 is 1.64 bits per heavy atom. The number of nitrogens with one attached hydrogen (secondary N) is 1. The summed E-state index contributed by atoms with van der Waals surface area (Å²) in [5.74, 6) is -0.669. The molecule has 2 aromatic carbocycles. The Hall–Kier alpha value is -2.62. The monoisotopic (exact) mass is 295 g/mol. The minimum absolute atomic E-state index is 0.275. The van der Waals surface area contributed by atoms with E-state index >= 15 is 0 Å². The van der Waals surface area contributed by atoms with E-state index < -0.39 is 11.5 Å². The number of ether oxygens (including phenoxy) is 1. The topological polar surface area (TPSA) is 55.4 Å². The largest absolute Gasteiger partial charge is 0.464 e. The smallest absolute Gasteiger partial charge is 0.336 e. The fraction of sp³-hybridized carbons (Fsp3) is 0.222. The molecule has 1 N–H and O–H groups in total. The molecule has 4 heteroatoms. The predicted octanol–water partition coefficient (Wildman–Crippen LogP) is 2.65. The molecule has 0 saturated carbocycles. The van der Waals surface area contributed by atoms with Crippen LogP contribution in [0.3, 0.4) is 0 Å². The average Bonchev–Trinajstić information content (AvgIpc) is 2.58. The summed E-state index contributed by atoms with van der Waals surface area (Å²) in [7, 11) is 0. The molecule has 0 spiro atoms. The van der Waals surface area contributed by atoms with Gasteiger partial charge in [0.1, 0.15) is 0 Å². The third kappa shape index (κ3) is 2.60. The van der Waals surface area contributed by atoms with Crippen LogP contribution in [0.5, 0.6) is 0 Å². The van der Waals surface area contributed by atoms with Crippen LogP contribution in [0.2, 0.25) is 0 Å². The Morgan fingerprint density at radius 3 is 2.27 bits per heavy atom. The lowest BCUT2D eigenvalue weighted by Crippen LogP contribution is -2.54. The van der Waals surface area contributed by atoms with E-state index in [1.54, 1.807) is 24.3 Å². The number of esters is 1. The van der Waals surface area contributed by atoms with Gasteiger partial charge in [-0.1, -0.05) is 48.5 Å². The molecule has 1 amide bonds. The van der Waals surface area contributed by atoms with Gasteiger partial charge in [0.25, 0.3) is 5.91 Å². The van der Waals surface area contributed by atoms with Crippen LogP contribution in [-0.2, 0) is 15.1 Å². The molecule has 1 fully saturated rings. The second-order valence-corrected chi connectivity index (χ2v) is 5.33. The van der Waals surface area contributed by atoms with E-state index in [2.05, 4.69) is 5.32 Å². The van der Waals surface area contributed by atoms with Crippen molar-refractivity contribution in [2.45, 2.75) is 18.4 Å². The second kappa shape index (κ2) is 6.02. The molecule has 1 heterocycles. The first kappa shape index (κ1) is 14.3. The lowest BCUT2D eigenvalue weighted by molar-refractivity contribution is -0.157. The van der Waals surface area contributed by atoms with Crippen molar-refractivity contribution < 1.29 is 14.3 Å². The summed E-state index contributed by atoms with van der Waals surface area (Å²) in [4.78, 5) is 25.0. The molecule has 2 aromatic rings. The van der Waals surface area contributed by atoms with Crippen molar-refractivity contribution in [1.82, 2.24) is 5.32 Å². The highest BCUT2D eigenvalue weighted by Crippen LogP contribution is 2.32. The molecule has 22 heavy (non-hydrogen) atoms. The van der Waals surface area contributed by atoms with Gasteiger partial charge in [-0.25, -0.2) is 4.79 Å². The van der Waals surface area contributed by atoms with E-state index in [1.165, 1.54) is 0 Å². The Morgan fingerprint density at radius 1 is 1.00 bits per heavy atom. The maximum Gasteiger partial charge on any atom is 0.336 e. The van der Waals surface area contributed by atoms with Crippen LogP contribution in [0.1, 0.15) is 28.8 Å². The SMILES string of the molecule is O=C(NC1(c2ccccc2)CCCOC1=O)c1ccccc1. The molecule has 1 unspecified atom stereocenters. The summed E-state index contributed by atoms with van der Waals surface area (Å²) in [6.45, 7) is 0.397. The zero-order valence-corrected chi connectivity index (χ0v) is 12.1. The van der Waals surface area contributed by atoms with Gasteiger partial charge in [0, 0.05) is 5.56 Å². The van der Waals surface area contributed by atoms with Crippen LogP contribution in [0.4, 0.5) is 0 Å². The van der Waals surface area contributed by atoms with Crippen molar-refractivity contribution in [2.24, 2.45) is 0 Å². The summed E-state index contributed by atoms with van der Waals surface area (Å²) in [6, 6.07) is 18.2. The van der Waals surface area contributed by atoms with Gasteiger partial charge < -0.3 is 10.1 Å². The van der Waals surface area contributed by atoms with E-state index in [9.17, 15) is 9.59 Å². The van der Waals surface area contributed by atoms with Gasteiger partial charge in [0.05, 0.1) is 6.61 Å². The Kier molecular flexibility index (Phi) is 3.92. The molecule has 1 atom stereocenters. The van der Waals surface area contributed by atoms with Gasteiger partial charge in [-0.2, -0.15) is 0 Å². The van der Waals surface area contributed by atoms with Crippen molar-refractivity contribution in [3.8, 4) is 0 Å². The number of carbonyl (C=O) groups excluding carboxylic acids is 2. The minimum Gasteiger partial charge on any atom is -0.464 e. The highest BCUT2D eigenvalue weighted by atomic mass is 16.5. The Labute approximate surface area is 129 Å². The van der Waals surface area contributed by atoms with Crippen molar-refractivity contribution in [2.75, 3.05) is 6.61 Å². The highest BCUT2D eigenvalue weighted by Gasteiger charge is 2.45. The molecule has 0 radical (unpaired) electrons. The molecule has 0 bridgehead atoms. The molecule has 0 aliphatic carbocycles. The number of carbonyl (C=O) groups is 2. The van der Waals surface area contributed by atoms with Crippen molar-refractivity contribution in [3.05, 3.63) is 71.8 Å². The van der Waals surface area contributed by atoms with E-state index in [1.807, 2.05) is 36.4 Å². The van der Waals surface area contributed by atoms with Gasteiger partial charge in [0.2, 0.25) is 0 Å². The third-order valence-corrected chi connectivity index (χ3v) is 3.91. The Bertz CT molecular complexity index is 669. The Balaban J connectivity index is 1.96. The maximum atomic E-state index is 12.5. The first-order chi connectivity index (χ1) is 10.7. The summed E-state index contributed by atoms with van der Waals surface area (Å²) in [5, 5.41) is 2.90. The van der Waals surface area contributed by atoms with Crippen LogP contribution in [0.15, 0.2) is 60.7 Å². The number of hydrogen-bond donors (Lipinski definition) is 1. The van der Waals surface area contributed by atoms with Gasteiger partial charge in [0.15, 0.2) is 5.54 Å². The lowest BCUT2D eigenvalue weighted by Gasteiger charge is -2.36. The van der Waals surface area contributed by atoms with Crippen molar-refractivity contribution in [3.63, 3.8) is 0 Å². The number of amides is 1. The van der Waals surface area contributed by atoms with Crippen LogP contribution in [-0.4, -0.2) is 18.5 Å². The van der Waals surface area contributed by atoms with E-state index in [0.29, 0.717) is 18.6 Å². The zero-order chi connectivity index (χ0) is 15.4. The molecule has 3 rings (SSSR count). The fourth-order valence-electron chi connectivity index (χ4n) is 2.75. The minimum atomic E-state index is -1.10. The molecule has 112 valence electrons. The quantitative estimate of drug-likeness (QED) is 0.886. The standard InChI is InChI=1S/C18H17NO3/c20-16(14-8-3-1-4-9-14)19-18(12-7-13-22-17(18)21)15-10-5-2-6-11-15/h1-6,8-11H,7,12-13H2,(H,19,20). The van der Waals surface area contributed by atoms with Gasteiger partial charge in [-0.15, -0.1) is 0 Å². The van der Waals surface area contributed by atoms with Gasteiger partial charge in [-0.3, -0.25) is 4.79 Å². The first-order valence-corrected chi connectivity index (χ1v) is 7.33. The number of benzene rings is 2. The van der Waals surface area contributed by atoms with E-state index in [0.717, 1.165) is 12.0 Å². The van der Waals surface area contributed by atoms with Gasteiger partial charge >= 0.3 is 5.97 Å². The highest BCUT2D eigenvalue weighted by molar-refractivity contribution is 5.98. The molecule has 4 nitrogen and oxygen atoms in total. The first-order valence-electron chi connectivity index (χ1n) is 7.33. The van der Waals surface area contributed by atoms with Crippen LogP contribution < -0.4 is 5.32 Å². The summed E-state index contributed by atoms with van der Waals surface area (Å²) in [6.07, 6.45) is 1.25. The van der Waals surface area contributed by atoms with Gasteiger partial charge in [-0.05, 0) is 30.5 Å². The second-order valence-electron chi connectivity index (χ2n) is 5.33. The number of rotatable bonds is 3. The number of cyclic esters (lactones) is 1. The molecule has 1 aliphatic rings. The van der Waals surface area contributed by atoms with Crippen molar-refractivity contribution >= 4 is 11.9 Å².